The van der Waals surface area contributed by atoms with Crippen LogP contribution >= 0.6 is 0 Å². The lowest BCUT2D eigenvalue weighted by atomic mass is 10.0. The van der Waals surface area contributed by atoms with E-state index in [4.69, 9.17) is 4.74 Å². The van der Waals surface area contributed by atoms with Gasteiger partial charge in [0.25, 0.3) is 29.2 Å². The zero-order valence-electron chi connectivity index (χ0n) is 32.3. The summed E-state index contributed by atoms with van der Waals surface area (Å²) in [7, 11) is 1.66. The number of carbonyl (C=O) groups excluding carboxylic acids is 6. The normalized spacial score (nSPS) is 15.1. The highest BCUT2D eigenvalue weighted by Gasteiger charge is 2.45. The quantitative estimate of drug-likeness (QED) is 0.0806. The molecule has 5 N–H and O–H groups in total. The predicted octanol–water partition coefficient (Wildman–Crippen LogP) is 4.27. The molecule has 15 heteroatoms. The standard InChI is InChI=1S/C43H43N7O8/c1-24(2)58-34-12-5-4-9-27(34)30-23-49(3)43(57)37-29(30)21-32(47-37)39(53)46-22-25-13-15-26(16-14-25)38(52)45-20-7-6-19-44-31-11-8-10-28-36(31)42(56)50(41(28)55)33-17-18-35(51)48-40(33)54/h4-5,8-16,21,23-24,33,44,47H,6-7,17-20,22H2,1-3H3,(H,45,52)(H,46,53)(H,48,51,54). The molecule has 5 aromatic rings. The maximum absolute atomic E-state index is 13.3. The van der Waals surface area contributed by atoms with E-state index in [1.165, 1.54) is 4.57 Å². The largest absolute Gasteiger partial charge is 0.490 e. The Bertz CT molecular complexity index is 2520. The summed E-state index contributed by atoms with van der Waals surface area (Å²) in [5.41, 5.74) is 3.94. The Morgan fingerprint density at radius 2 is 1.59 bits per heavy atom. The molecule has 1 atom stereocenters. The molecule has 6 amide bonds. The molecule has 3 aromatic carbocycles. The van der Waals surface area contributed by atoms with Crippen molar-refractivity contribution >= 4 is 52.0 Å². The fourth-order valence-electron chi connectivity index (χ4n) is 7.21. The molecule has 2 aliphatic rings. The molecule has 1 saturated heterocycles. The fraction of sp³-hybridized carbons (Fsp3) is 0.279. The van der Waals surface area contributed by atoms with Gasteiger partial charge in [-0.25, -0.2) is 0 Å². The number of carbonyl (C=O) groups is 6. The lowest BCUT2D eigenvalue weighted by molar-refractivity contribution is -0.136. The van der Waals surface area contributed by atoms with Crippen LogP contribution in [0.25, 0.3) is 22.0 Å². The van der Waals surface area contributed by atoms with E-state index in [9.17, 15) is 33.6 Å². The summed E-state index contributed by atoms with van der Waals surface area (Å²) in [4.78, 5) is 93.5. The molecule has 2 aliphatic heterocycles. The highest BCUT2D eigenvalue weighted by atomic mass is 16.5. The third-order valence-electron chi connectivity index (χ3n) is 10.1. The van der Waals surface area contributed by atoms with Crippen molar-refractivity contribution in [3.05, 3.63) is 117 Å². The van der Waals surface area contributed by atoms with Crippen LogP contribution in [0.4, 0.5) is 5.69 Å². The van der Waals surface area contributed by atoms with Crippen LogP contribution in [0.5, 0.6) is 5.75 Å². The van der Waals surface area contributed by atoms with Gasteiger partial charge >= 0.3 is 0 Å². The average molecular weight is 786 g/mol. The topological polar surface area (TPSA) is 201 Å². The smallest absolute Gasteiger partial charge is 0.274 e. The number of amides is 6. The van der Waals surface area contributed by atoms with Crippen LogP contribution in [0.1, 0.15) is 86.7 Å². The number of aromatic nitrogens is 2. The number of nitrogens with zero attached hydrogens (tertiary/aromatic N) is 2. The summed E-state index contributed by atoms with van der Waals surface area (Å²) < 4.78 is 7.51. The molecule has 0 radical (unpaired) electrons. The van der Waals surface area contributed by atoms with E-state index >= 15 is 0 Å². The first-order chi connectivity index (χ1) is 27.9. The monoisotopic (exact) mass is 785 g/mol. The van der Waals surface area contributed by atoms with Crippen molar-refractivity contribution in [2.45, 2.75) is 58.2 Å². The van der Waals surface area contributed by atoms with E-state index in [0.717, 1.165) is 21.6 Å². The number of fused-ring (bicyclic) bond motifs is 2. The van der Waals surface area contributed by atoms with Crippen LogP contribution in [0, 0.1) is 0 Å². The van der Waals surface area contributed by atoms with Crippen LogP contribution in [-0.2, 0) is 23.2 Å². The Hall–Kier alpha value is -7.03. The Morgan fingerprint density at radius 1 is 0.845 bits per heavy atom. The van der Waals surface area contributed by atoms with Gasteiger partial charge in [-0.05, 0) is 75.1 Å². The summed E-state index contributed by atoms with van der Waals surface area (Å²) in [5, 5.41) is 11.8. The molecule has 0 bridgehead atoms. The number of rotatable bonds is 14. The van der Waals surface area contributed by atoms with E-state index < -0.39 is 35.6 Å². The number of ether oxygens (including phenoxy) is 1. The first-order valence-electron chi connectivity index (χ1n) is 19.1. The van der Waals surface area contributed by atoms with Crippen LogP contribution in [0.2, 0.25) is 0 Å². The third kappa shape index (κ3) is 7.96. The summed E-state index contributed by atoms with van der Waals surface area (Å²) in [6, 6.07) is 20.0. The van der Waals surface area contributed by atoms with Crippen molar-refractivity contribution in [2.75, 3.05) is 18.4 Å². The number of nitrogens with one attached hydrogen (secondary N) is 5. The molecule has 1 unspecified atom stereocenters. The number of para-hydroxylation sites is 1. The molecule has 58 heavy (non-hydrogen) atoms. The van der Waals surface area contributed by atoms with Gasteiger partial charge in [0.05, 0.1) is 17.2 Å². The molecule has 7 rings (SSSR count). The second-order valence-electron chi connectivity index (χ2n) is 14.5. The lowest BCUT2D eigenvalue weighted by Gasteiger charge is -2.27. The summed E-state index contributed by atoms with van der Waals surface area (Å²) in [5.74, 6) is -2.21. The summed E-state index contributed by atoms with van der Waals surface area (Å²) in [6.07, 6.45) is 3.09. The first-order valence-corrected chi connectivity index (χ1v) is 19.1. The average Bonchev–Trinajstić information content (AvgIpc) is 3.76. The minimum Gasteiger partial charge on any atom is -0.490 e. The number of unbranched alkanes of at least 4 members (excludes halogenated alkanes) is 1. The molecule has 1 fully saturated rings. The molecule has 2 aromatic heterocycles. The molecule has 0 saturated carbocycles. The third-order valence-corrected chi connectivity index (χ3v) is 10.1. The van der Waals surface area contributed by atoms with Crippen LogP contribution in [0.15, 0.2) is 83.8 Å². The molecule has 0 aliphatic carbocycles. The van der Waals surface area contributed by atoms with Crippen molar-refractivity contribution in [2.24, 2.45) is 7.05 Å². The number of aromatic amines is 1. The van der Waals surface area contributed by atoms with E-state index in [1.54, 1.807) is 61.8 Å². The Labute approximate surface area is 333 Å². The van der Waals surface area contributed by atoms with Gasteiger partial charge in [-0.2, -0.15) is 0 Å². The van der Waals surface area contributed by atoms with Gasteiger partial charge in [-0.1, -0.05) is 36.4 Å². The zero-order chi connectivity index (χ0) is 41.1. The van der Waals surface area contributed by atoms with Crippen molar-refractivity contribution in [1.82, 2.24) is 30.4 Å². The molecular weight excluding hydrogens is 743 g/mol. The molecule has 0 spiro atoms. The molecular formula is C43H43N7O8. The van der Waals surface area contributed by atoms with Gasteiger partial charge in [0.2, 0.25) is 11.8 Å². The number of piperidine rings is 1. The Morgan fingerprint density at radius 3 is 2.34 bits per heavy atom. The highest BCUT2D eigenvalue weighted by molar-refractivity contribution is 6.25. The SMILES string of the molecule is CC(C)Oc1ccccc1-c1cn(C)c(=O)c2[nH]c(C(=O)NCc3ccc(C(=O)NCCCCNc4cccc5c4C(=O)N(C4CCC(=O)NC4=O)C5=O)cc3)cc12. The summed E-state index contributed by atoms with van der Waals surface area (Å²) >= 11 is 0. The van der Waals surface area contributed by atoms with Crippen molar-refractivity contribution in [1.29, 1.82) is 0 Å². The number of imide groups is 2. The number of anilines is 1. The van der Waals surface area contributed by atoms with Gasteiger partial charge < -0.3 is 30.2 Å². The lowest BCUT2D eigenvalue weighted by Crippen LogP contribution is -2.54. The molecule has 15 nitrogen and oxygen atoms in total. The van der Waals surface area contributed by atoms with Crippen LogP contribution in [0.3, 0.4) is 0 Å². The second-order valence-corrected chi connectivity index (χ2v) is 14.5. The molecule has 298 valence electrons. The minimum atomic E-state index is -1.04. The minimum absolute atomic E-state index is 0.0448. The number of aryl methyl sites for hydroxylation is 1. The maximum Gasteiger partial charge on any atom is 0.274 e. The maximum atomic E-state index is 13.3. The van der Waals surface area contributed by atoms with Gasteiger partial charge in [0.15, 0.2) is 0 Å². The summed E-state index contributed by atoms with van der Waals surface area (Å²) in [6.45, 7) is 4.94. The number of hydrogen-bond acceptors (Lipinski definition) is 9. The predicted molar refractivity (Wildman–Crippen MR) is 216 cm³/mol. The van der Waals surface area contributed by atoms with Gasteiger partial charge in [0, 0.05) is 67.1 Å². The van der Waals surface area contributed by atoms with Gasteiger partial charge in [-0.3, -0.25) is 43.8 Å². The van der Waals surface area contributed by atoms with Crippen LogP contribution < -0.4 is 31.6 Å². The van der Waals surface area contributed by atoms with Crippen molar-refractivity contribution < 1.29 is 33.5 Å². The molecule has 4 heterocycles. The van der Waals surface area contributed by atoms with E-state index in [2.05, 4.69) is 26.3 Å². The Balaban J connectivity index is 0.888. The number of pyridine rings is 1. The first kappa shape index (κ1) is 39.2. The van der Waals surface area contributed by atoms with Gasteiger partial charge in [0.1, 0.15) is 23.0 Å². The zero-order valence-corrected chi connectivity index (χ0v) is 32.3. The van der Waals surface area contributed by atoms with Crippen molar-refractivity contribution in [3.63, 3.8) is 0 Å². The van der Waals surface area contributed by atoms with E-state index in [-0.39, 0.29) is 53.8 Å². The van der Waals surface area contributed by atoms with E-state index in [1.807, 2.05) is 38.1 Å². The number of H-pyrrole nitrogens is 1. The van der Waals surface area contributed by atoms with Crippen molar-refractivity contribution in [3.8, 4) is 16.9 Å². The van der Waals surface area contributed by atoms with E-state index in [0.29, 0.717) is 53.8 Å². The second kappa shape index (κ2) is 16.6. The fourth-order valence-corrected chi connectivity index (χ4v) is 7.21. The Kier molecular flexibility index (Phi) is 11.2. The highest BCUT2D eigenvalue weighted by Crippen LogP contribution is 2.35. The van der Waals surface area contributed by atoms with Gasteiger partial charge in [-0.15, -0.1) is 0 Å². The number of benzene rings is 3. The number of hydrogen-bond donors (Lipinski definition) is 5. The van der Waals surface area contributed by atoms with Crippen LogP contribution in [-0.4, -0.2) is 75.1 Å².